The molecule has 1 nitrogen and oxygen atoms in total. The average Bonchev–Trinajstić information content (AvgIpc) is 2.84. The number of benzene rings is 1. The van der Waals surface area contributed by atoms with Crippen LogP contribution >= 0.6 is 39.0 Å². The van der Waals surface area contributed by atoms with Crippen LogP contribution in [0.3, 0.4) is 0 Å². The van der Waals surface area contributed by atoms with Gasteiger partial charge in [-0.3, -0.25) is 0 Å². The number of thiophene rings is 1. The standard InChI is InChI=1S/C17H22BrNS2/c1-17(2,3)13-4-6-15(7-5-13)20-9-8-19-11-16-10-14(18)12-21-16/h4-7,10,12,19H,8-9,11H2,1-3H3. The molecule has 0 spiro atoms. The van der Waals surface area contributed by atoms with Crippen LogP contribution in [0.4, 0.5) is 0 Å². The summed E-state index contributed by atoms with van der Waals surface area (Å²) in [5, 5.41) is 5.62. The fourth-order valence-corrected chi connectivity index (χ4v) is 4.18. The highest BCUT2D eigenvalue weighted by atomic mass is 79.9. The summed E-state index contributed by atoms with van der Waals surface area (Å²) in [6.45, 7) is 8.74. The average molecular weight is 384 g/mol. The monoisotopic (exact) mass is 383 g/mol. The van der Waals surface area contributed by atoms with E-state index in [2.05, 4.69) is 77.7 Å². The Hall–Kier alpha value is -0.290. The van der Waals surface area contributed by atoms with Crippen molar-refractivity contribution in [3.8, 4) is 0 Å². The van der Waals surface area contributed by atoms with Crippen molar-refractivity contribution in [1.29, 1.82) is 0 Å². The van der Waals surface area contributed by atoms with Gasteiger partial charge in [-0.15, -0.1) is 23.1 Å². The molecule has 2 aromatic rings. The van der Waals surface area contributed by atoms with Crippen LogP contribution in [0.15, 0.2) is 45.1 Å². The van der Waals surface area contributed by atoms with Crippen molar-refractivity contribution in [2.75, 3.05) is 12.3 Å². The van der Waals surface area contributed by atoms with Gasteiger partial charge < -0.3 is 5.32 Å². The summed E-state index contributed by atoms with van der Waals surface area (Å²) in [5.74, 6) is 1.10. The highest BCUT2D eigenvalue weighted by Crippen LogP contribution is 2.25. The first-order valence-electron chi connectivity index (χ1n) is 7.12. The lowest BCUT2D eigenvalue weighted by molar-refractivity contribution is 0.590. The number of thioether (sulfide) groups is 1. The SMILES string of the molecule is CC(C)(C)c1ccc(SCCNCc2cc(Br)cs2)cc1. The number of hydrogen-bond acceptors (Lipinski definition) is 3. The fourth-order valence-electron chi connectivity index (χ4n) is 1.95. The Morgan fingerprint density at radius 3 is 2.48 bits per heavy atom. The van der Waals surface area contributed by atoms with Crippen LogP contribution in [0.5, 0.6) is 0 Å². The molecule has 0 atom stereocenters. The smallest absolute Gasteiger partial charge is 0.0300 e. The van der Waals surface area contributed by atoms with Crippen molar-refractivity contribution in [3.05, 3.63) is 50.6 Å². The molecule has 1 aromatic heterocycles. The van der Waals surface area contributed by atoms with Crippen molar-refractivity contribution in [1.82, 2.24) is 5.32 Å². The van der Waals surface area contributed by atoms with E-state index in [0.29, 0.717) is 0 Å². The van der Waals surface area contributed by atoms with E-state index in [0.717, 1.165) is 18.8 Å². The predicted molar refractivity (Wildman–Crippen MR) is 99.6 cm³/mol. The molecule has 0 unspecified atom stereocenters. The minimum atomic E-state index is 0.236. The fraction of sp³-hybridized carbons (Fsp3) is 0.412. The van der Waals surface area contributed by atoms with Gasteiger partial charge in [0, 0.05) is 38.5 Å². The van der Waals surface area contributed by atoms with Gasteiger partial charge in [0.05, 0.1) is 0 Å². The normalized spacial score (nSPS) is 11.8. The van der Waals surface area contributed by atoms with Gasteiger partial charge in [0.1, 0.15) is 0 Å². The number of nitrogens with one attached hydrogen (secondary N) is 1. The number of halogens is 1. The molecule has 0 aliphatic rings. The summed E-state index contributed by atoms with van der Waals surface area (Å²) in [5.41, 5.74) is 1.63. The van der Waals surface area contributed by atoms with Gasteiger partial charge in [0.15, 0.2) is 0 Å². The lowest BCUT2D eigenvalue weighted by Crippen LogP contribution is -2.15. The summed E-state index contributed by atoms with van der Waals surface area (Å²) in [6.07, 6.45) is 0. The van der Waals surface area contributed by atoms with Gasteiger partial charge in [0.2, 0.25) is 0 Å². The molecular weight excluding hydrogens is 362 g/mol. The molecule has 21 heavy (non-hydrogen) atoms. The maximum absolute atomic E-state index is 3.49. The van der Waals surface area contributed by atoms with Crippen molar-refractivity contribution in [3.63, 3.8) is 0 Å². The quantitative estimate of drug-likeness (QED) is 0.507. The first-order chi connectivity index (χ1) is 9.95. The predicted octanol–water partition coefficient (Wildman–Crippen LogP) is 5.69. The van der Waals surface area contributed by atoms with Crippen LogP contribution in [-0.2, 0) is 12.0 Å². The van der Waals surface area contributed by atoms with E-state index in [1.807, 2.05) is 11.8 Å². The molecule has 0 saturated heterocycles. The number of hydrogen-bond donors (Lipinski definition) is 1. The van der Waals surface area contributed by atoms with E-state index in [-0.39, 0.29) is 5.41 Å². The van der Waals surface area contributed by atoms with Gasteiger partial charge in [0.25, 0.3) is 0 Å². The van der Waals surface area contributed by atoms with Crippen LogP contribution in [0, 0.1) is 0 Å². The Labute approximate surface area is 144 Å². The summed E-state index contributed by atoms with van der Waals surface area (Å²) < 4.78 is 1.18. The van der Waals surface area contributed by atoms with E-state index < -0.39 is 0 Å². The molecule has 2 rings (SSSR count). The molecule has 4 heteroatoms. The van der Waals surface area contributed by atoms with Crippen LogP contribution in [0.25, 0.3) is 0 Å². The number of rotatable bonds is 6. The van der Waals surface area contributed by atoms with E-state index in [1.54, 1.807) is 11.3 Å². The van der Waals surface area contributed by atoms with Crippen molar-refractivity contribution < 1.29 is 0 Å². The molecular formula is C17H22BrNS2. The lowest BCUT2D eigenvalue weighted by atomic mass is 9.87. The third-order valence-corrected chi connectivity index (χ3v) is 5.90. The molecule has 0 saturated carbocycles. The van der Waals surface area contributed by atoms with E-state index in [4.69, 9.17) is 0 Å². The Kier molecular flexibility index (Phi) is 6.35. The second-order valence-corrected chi connectivity index (χ2v) is 9.11. The molecule has 1 aromatic carbocycles. The van der Waals surface area contributed by atoms with E-state index in [9.17, 15) is 0 Å². The van der Waals surface area contributed by atoms with E-state index in [1.165, 1.54) is 19.8 Å². The zero-order valence-corrected chi connectivity index (χ0v) is 16.0. The minimum absolute atomic E-state index is 0.236. The highest BCUT2D eigenvalue weighted by Gasteiger charge is 2.12. The van der Waals surface area contributed by atoms with Crippen molar-refractivity contribution in [2.24, 2.45) is 0 Å². The van der Waals surface area contributed by atoms with Crippen LogP contribution in [-0.4, -0.2) is 12.3 Å². The summed E-state index contributed by atoms with van der Waals surface area (Å²) in [6, 6.07) is 11.1. The molecule has 0 radical (unpaired) electrons. The zero-order valence-electron chi connectivity index (χ0n) is 12.8. The third kappa shape index (κ3) is 5.78. The molecule has 1 heterocycles. The second kappa shape index (κ2) is 7.82. The van der Waals surface area contributed by atoms with Crippen molar-refractivity contribution in [2.45, 2.75) is 37.6 Å². The van der Waals surface area contributed by atoms with Gasteiger partial charge in [-0.25, -0.2) is 0 Å². The molecule has 0 aliphatic heterocycles. The maximum atomic E-state index is 3.49. The van der Waals surface area contributed by atoms with Crippen LogP contribution < -0.4 is 5.32 Å². The Bertz CT molecular complexity index is 555. The minimum Gasteiger partial charge on any atom is -0.311 e. The summed E-state index contributed by atoms with van der Waals surface area (Å²) >= 11 is 7.19. The van der Waals surface area contributed by atoms with Crippen molar-refractivity contribution >= 4 is 39.0 Å². The molecule has 0 fully saturated rings. The topological polar surface area (TPSA) is 12.0 Å². The Balaban J connectivity index is 1.69. The maximum Gasteiger partial charge on any atom is 0.0300 e. The summed E-state index contributed by atoms with van der Waals surface area (Å²) in [4.78, 5) is 2.73. The van der Waals surface area contributed by atoms with Gasteiger partial charge >= 0.3 is 0 Å². The molecule has 0 aliphatic carbocycles. The van der Waals surface area contributed by atoms with Crippen LogP contribution in [0.2, 0.25) is 0 Å². The molecule has 114 valence electrons. The summed E-state index contributed by atoms with van der Waals surface area (Å²) in [7, 11) is 0. The largest absolute Gasteiger partial charge is 0.311 e. The Morgan fingerprint density at radius 2 is 1.90 bits per heavy atom. The van der Waals surface area contributed by atoms with Crippen LogP contribution in [0.1, 0.15) is 31.2 Å². The second-order valence-electron chi connectivity index (χ2n) is 6.03. The first kappa shape index (κ1) is 17.1. The van der Waals surface area contributed by atoms with Gasteiger partial charge in [-0.1, -0.05) is 32.9 Å². The van der Waals surface area contributed by atoms with Gasteiger partial charge in [-0.05, 0) is 45.1 Å². The zero-order chi connectivity index (χ0) is 15.3. The molecule has 0 bridgehead atoms. The third-order valence-electron chi connectivity index (χ3n) is 3.19. The Morgan fingerprint density at radius 1 is 1.19 bits per heavy atom. The molecule has 1 N–H and O–H groups in total. The first-order valence-corrected chi connectivity index (χ1v) is 9.78. The molecule has 0 amide bonds. The van der Waals surface area contributed by atoms with Gasteiger partial charge in [-0.2, -0.15) is 0 Å². The van der Waals surface area contributed by atoms with E-state index >= 15 is 0 Å². The highest BCUT2D eigenvalue weighted by molar-refractivity contribution is 9.10. The lowest BCUT2D eigenvalue weighted by Gasteiger charge is -2.19.